The summed E-state index contributed by atoms with van der Waals surface area (Å²) in [4.78, 5) is 24.6. The maximum Gasteiger partial charge on any atom is 0.305 e. The molecule has 0 rings (SSSR count). The van der Waals surface area contributed by atoms with Gasteiger partial charge in [-0.3, -0.25) is 9.59 Å². The van der Waals surface area contributed by atoms with Gasteiger partial charge < -0.3 is 20.3 Å². The predicted molar refractivity (Wildman–Crippen MR) is 315 cm³/mol. The molecule has 0 radical (unpaired) electrons. The van der Waals surface area contributed by atoms with E-state index in [9.17, 15) is 19.8 Å². The molecule has 0 saturated heterocycles. The molecule has 2 unspecified atom stereocenters. The molecule has 3 N–H and O–H groups in total. The van der Waals surface area contributed by atoms with Gasteiger partial charge in [-0.1, -0.05) is 341 Å². The number of aliphatic hydroxyl groups excluding tert-OH is 2. The SMILES string of the molecule is CCCCCCCCCCCCCCCCCCCCCCCCC/C=C/C(O)C(CO)NC(=O)CCCCCCCCCCCCCCCCOC(=O)CCCCCCCCCCCCCCCCCC. The molecule has 6 nitrogen and oxygen atoms in total. The fourth-order valence-corrected chi connectivity index (χ4v) is 10.5. The van der Waals surface area contributed by atoms with E-state index in [4.69, 9.17) is 4.74 Å². The maximum absolute atomic E-state index is 12.5. The number of carbonyl (C=O) groups is 2. The van der Waals surface area contributed by atoms with Crippen LogP contribution in [0.5, 0.6) is 0 Å². The second-order valence-electron chi connectivity index (χ2n) is 22.8. The van der Waals surface area contributed by atoms with Gasteiger partial charge in [0, 0.05) is 12.8 Å². The molecule has 2 atom stereocenters. The number of carbonyl (C=O) groups excluding carboxylic acids is 2. The second kappa shape index (κ2) is 62.1. The van der Waals surface area contributed by atoms with E-state index in [-0.39, 0.29) is 18.5 Å². The highest BCUT2D eigenvalue weighted by Crippen LogP contribution is 2.19. The molecule has 0 aromatic carbocycles. The van der Waals surface area contributed by atoms with Gasteiger partial charge in [-0.05, 0) is 32.1 Å². The van der Waals surface area contributed by atoms with E-state index in [0.717, 1.165) is 57.8 Å². The van der Waals surface area contributed by atoms with Crippen LogP contribution in [0.1, 0.15) is 373 Å². The predicted octanol–water partition coefficient (Wildman–Crippen LogP) is 20.8. The van der Waals surface area contributed by atoms with E-state index < -0.39 is 12.1 Å². The van der Waals surface area contributed by atoms with Gasteiger partial charge in [0.05, 0.1) is 25.4 Å². The zero-order chi connectivity index (χ0) is 52.2. The summed E-state index contributed by atoms with van der Waals surface area (Å²) < 4.78 is 5.49. The van der Waals surface area contributed by atoms with Gasteiger partial charge in [0.1, 0.15) is 0 Å². The zero-order valence-corrected chi connectivity index (χ0v) is 48.9. The monoisotopic (exact) mass is 1020 g/mol. The third kappa shape index (κ3) is 57.9. The van der Waals surface area contributed by atoms with E-state index in [1.807, 2.05) is 6.08 Å². The first kappa shape index (κ1) is 70.6. The van der Waals surface area contributed by atoms with Crippen LogP contribution in [0.2, 0.25) is 0 Å². The van der Waals surface area contributed by atoms with Crippen molar-refractivity contribution in [3.8, 4) is 0 Å². The molecule has 0 aliphatic carbocycles. The number of hydrogen-bond donors (Lipinski definition) is 3. The molecule has 0 aliphatic heterocycles. The molecular formula is C66H129NO5. The van der Waals surface area contributed by atoms with Crippen LogP contribution < -0.4 is 5.32 Å². The Kier molecular flexibility index (Phi) is 60.9. The van der Waals surface area contributed by atoms with E-state index in [1.165, 1.54) is 289 Å². The lowest BCUT2D eigenvalue weighted by Gasteiger charge is -2.20. The van der Waals surface area contributed by atoms with Crippen LogP contribution >= 0.6 is 0 Å². The van der Waals surface area contributed by atoms with Crippen molar-refractivity contribution in [2.24, 2.45) is 0 Å². The van der Waals surface area contributed by atoms with Crippen LogP contribution in [-0.4, -0.2) is 47.4 Å². The summed E-state index contributed by atoms with van der Waals surface area (Å²) in [5.74, 6) is -0.0721. The molecule has 0 bridgehead atoms. The Morgan fingerprint density at radius 1 is 0.375 bits per heavy atom. The highest BCUT2D eigenvalue weighted by Gasteiger charge is 2.18. The number of nitrogens with one attached hydrogen (secondary N) is 1. The van der Waals surface area contributed by atoms with Gasteiger partial charge in [0.25, 0.3) is 0 Å². The van der Waals surface area contributed by atoms with Gasteiger partial charge in [-0.15, -0.1) is 0 Å². The molecule has 0 aromatic heterocycles. The Hall–Kier alpha value is -1.40. The van der Waals surface area contributed by atoms with Crippen molar-refractivity contribution in [1.29, 1.82) is 0 Å². The highest BCUT2D eigenvalue weighted by atomic mass is 16.5. The van der Waals surface area contributed by atoms with Crippen molar-refractivity contribution in [3.63, 3.8) is 0 Å². The third-order valence-electron chi connectivity index (χ3n) is 15.6. The van der Waals surface area contributed by atoms with E-state index in [2.05, 4.69) is 19.2 Å². The number of unbranched alkanes of at least 4 members (excludes halogenated alkanes) is 51. The number of esters is 1. The molecule has 72 heavy (non-hydrogen) atoms. The lowest BCUT2D eigenvalue weighted by atomic mass is 10.0. The first-order valence-electron chi connectivity index (χ1n) is 33.0. The molecule has 0 fully saturated rings. The fourth-order valence-electron chi connectivity index (χ4n) is 10.5. The Morgan fingerprint density at radius 3 is 0.944 bits per heavy atom. The van der Waals surface area contributed by atoms with Crippen LogP contribution in [0, 0.1) is 0 Å². The topological polar surface area (TPSA) is 95.9 Å². The van der Waals surface area contributed by atoms with Gasteiger partial charge in [-0.25, -0.2) is 0 Å². The fraction of sp³-hybridized carbons (Fsp3) is 0.939. The van der Waals surface area contributed by atoms with Crippen molar-refractivity contribution in [2.45, 2.75) is 386 Å². The number of ether oxygens (including phenoxy) is 1. The van der Waals surface area contributed by atoms with Crippen LogP contribution in [0.3, 0.4) is 0 Å². The summed E-state index contributed by atoms with van der Waals surface area (Å²) in [7, 11) is 0. The lowest BCUT2D eigenvalue weighted by molar-refractivity contribution is -0.143. The molecule has 0 aliphatic rings. The van der Waals surface area contributed by atoms with E-state index in [0.29, 0.717) is 19.4 Å². The number of allylic oxidation sites excluding steroid dienone is 1. The number of hydrogen-bond acceptors (Lipinski definition) is 5. The van der Waals surface area contributed by atoms with Crippen LogP contribution in [0.4, 0.5) is 0 Å². The Labute approximate surface area is 450 Å². The van der Waals surface area contributed by atoms with Crippen molar-refractivity contribution < 1.29 is 24.5 Å². The van der Waals surface area contributed by atoms with Crippen LogP contribution in [0.15, 0.2) is 12.2 Å². The Bertz CT molecular complexity index is 1080. The molecule has 0 aromatic rings. The summed E-state index contributed by atoms with van der Waals surface area (Å²) in [6.07, 6.45) is 75.4. The normalized spacial score (nSPS) is 12.6. The molecule has 6 heteroatoms. The molecule has 0 saturated carbocycles. The molecule has 1 amide bonds. The summed E-state index contributed by atoms with van der Waals surface area (Å²) in [6, 6.07) is -0.636. The lowest BCUT2D eigenvalue weighted by Crippen LogP contribution is -2.45. The number of aliphatic hydroxyl groups is 2. The van der Waals surface area contributed by atoms with Crippen molar-refractivity contribution in [1.82, 2.24) is 5.32 Å². The molecule has 0 spiro atoms. The minimum absolute atomic E-state index is 0.00138. The highest BCUT2D eigenvalue weighted by molar-refractivity contribution is 5.76. The first-order valence-corrected chi connectivity index (χ1v) is 33.0. The maximum atomic E-state index is 12.5. The summed E-state index contributed by atoms with van der Waals surface area (Å²) in [6.45, 7) is 4.92. The quantitative estimate of drug-likeness (QED) is 0.0320. The van der Waals surface area contributed by atoms with Crippen molar-refractivity contribution in [3.05, 3.63) is 12.2 Å². The van der Waals surface area contributed by atoms with E-state index >= 15 is 0 Å². The van der Waals surface area contributed by atoms with Gasteiger partial charge in [0.2, 0.25) is 5.91 Å². The number of rotatable bonds is 62. The Balaban J connectivity index is 3.44. The largest absolute Gasteiger partial charge is 0.466 e. The van der Waals surface area contributed by atoms with E-state index in [1.54, 1.807) is 6.08 Å². The standard InChI is InChI=1S/C66H129NO5/c1-3-5-7-9-11-13-15-17-19-21-22-23-24-25-26-27-28-29-30-34-38-42-46-50-54-58-64(69)63(62-68)67-65(70)59-55-51-47-43-39-35-32-33-37-41-45-49-53-57-61-72-66(71)60-56-52-48-44-40-36-31-20-18-16-14-12-10-8-6-4-2/h54,58,63-64,68-69H,3-53,55-57,59-62H2,1-2H3,(H,67,70)/b58-54+. The number of amides is 1. The van der Waals surface area contributed by atoms with Gasteiger partial charge in [0.15, 0.2) is 0 Å². The van der Waals surface area contributed by atoms with Crippen molar-refractivity contribution in [2.75, 3.05) is 13.2 Å². The average molecular weight is 1020 g/mol. The summed E-state index contributed by atoms with van der Waals surface area (Å²) >= 11 is 0. The van der Waals surface area contributed by atoms with Crippen LogP contribution in [-0.2, 0) is 14.3 Å². The molecule has 428 valence electrons. The minimum Gasteiger partial charge on any atom is -0.466 e. The smallest absolute Gasteiger partial charge is 0.305 e. The minimum atomic E-state index is -0.852. The third-order valence-corrected chi connectivity index (χ3v) is 15.6. The molecule has 0 heterocycles. The molecular weight excluding hydrogens is 887 g/mol. The van der Waals surface area contributed by atoms with Crippen molar-refractivity contribution >= 4 is 11.9 Å². The average Bonchev–Trinajstić information content (AvgIpc) is 3.38. The first-order chi connectivity index (χ1) is 35.5. The Morgan fingerprint density at radius 2 is 0.639 bits per heavy atom. The summed E-state index contributed by atoms with van der Waals surface area (Å²) in [5, 5.41) is 23.2. The second-order valence-corrected chi connectivity index (χ2v) is 22.8. The summed E-state index contributed by atoms with van der Waals surface area (Å²) in [5.41, 5.74) is 0. The zero-order valence-electron chi connectivity index (χ0n) is 48.9. The van der Waals surface area contributed by atoms with Crippen LogP contribution in [0.25, 0.3) is 0 Å². The van der Waals surface area contributed by atoms with Gasteiger partial charge >= 0.3 is 5.97 Å². The van der Waals surface area contributed by atoms with Gasteiger partial charge in [-0.2, -0.15) is 0 Å².